The van der Waals surface area contributed by atoms with Crippen molar-refractivity contribution in [2.75, 3.05) is 38.2 Å². The van der Waals surface area contributed by atoms with Gasteiger partial charge in [0.25, 0.3) is 0 Å². The molecule has 2 heterocycles. The lowest BCUT2D eigenvalue weighted by Gasteiger charge is -2.35. The molecule has 1 spiro atoms. The van der Waals surface area contributed by atoms with Crippen molar-refractivity contribution in [1.29, 1.82) is 0 Å². The molecular formula is C15H23N2O+. The van der Waals surface area contributed by atoms with Crippen molar-refractivity contribution in [1.82, 2.24) is 0 Å². The van der Waals surface area contributed by atoms with Crippen molar-refractivity contribution < 1.29 is 9.22 Å². The largest absolute Gasteiger partial charge is 0.495 e. The number of methoxy groups -OCH3 is 1. The van der Waals surface area contributed by atoms with Gasteiger partial charge in [-0.15, -0.1) is 0 Å². The summed E-state index contributed by atoms with van der Waals surface area (Å²) in [6.07, 6.45) is 0. The predicted octanol–water partition coefficient (Wildman–Crippen LogP) is 2.12. The molecule has 3 rings (SSSR count). The zero-order valence-corrected chi connectivity index (χ0v) is 11.6. The number of hydrogen-bond donors (Lipinski definition) is 0. The fourth-order valence-corrected chi connectivity index (χ4v) is 3.62. The normalized spacial score (nSPS) is 29.4. The van der Waals surface area contributed by atoms with Crippen LogP contribution in [-0.4, -0.2) is 49.9 Å². The molecule has 2 fully saturated rings. The van der Waals surface area contributed by atoms with E-state index in [4.69, 9.17) is 4.74 Å². The minimum absolute atomic E-state index is 0.866. The van der Waals surface area contributed by atoms with Crippen LogP contribution in [0.3, 0.4) is 0 Å². The zero-order chi connectivity index (χ0) is 12.8. The third-order valence-corrected chi connectivity index (χ3v) is 5.23. The first-order chi connectivity index (χ1) is 8.69. The summed E-state index contributed by atoms with van der Waals surface area (Å²) in [5.74, 6) is 0.998. The van der Waals surface area contributed by atoms with E-state index in [9.17, 15) is 0 Å². The summed E-state index contributed by atoms with van der Waals surface area (Å²) in [7, 11) is 1.76. The fourth-order valence-electron chi connectivity index (χ4n) is 3.62. The number of ether oxygens (including phenoxy) is 1. The molecular weight excluding hydrogens is 224 g/mol. The quantitative estimate of drug-likeness (QED) is 0.586. The van der Waals surface area contributed by atoms with Crippen LogP contribution in [0.5, 0.6) is 5.75 Å². The van der Waals surface area contributed by atoms with Crippen LogP contribution in [0.4, 0.5) is 5.69 Å². The topological polar surface area (TPSA) is 12.5 Å². The Labute approximate surface area is 110 Å². The van der Waals surface area contributed by atoms with Gasteiger partial charge in [-0.3, -0.25) is 0 Å². The first-order valence-electron chi connectivity index (χ1n) is 6.93. The average Bonchev–Trinajstić information content (AvgIpc) is 2.92. The van der Waals surface area contributed by atoms with Crippen molar-refractivity contribution in [3.05, 3.63) is 24.3 Å². The Morgan fingerprint density at radius 1 is 1.11 bits per heavy atom. The first kappa shape index (κ1) is 11.8. The molecule has 2 unspecified atom stereocenters. The second-order valence-electron chi connectivity index (χ2n) is 5.69. The summed E-state index contributed by atoms with van der Waals surface area (Å²) < 4.78 is 6.80. The molecule has 98 valence electrons. The monoisotopic (exact) mass is 247 g/mol. The van der Waals surface area contributed by atoms with Crippen LogP contribution in [0.2, 0.25) is 0 Å². The van der Waals surface area contributed by atoms with E-state index in [1.807, 2.05) is 6.07 Å². The second-order valence-corrected chi connectivity index (χ2v) is 5.69. The van der Waals surface area contributed by atoms with Gasteiger partial charge in [-0.05, 0) is 26.0 Å². The Bertz CT molecular complexity index is 428. The highest BCUT2D eigenvalue weighted by Gasteiger charge is 2.60. The summed E-state index contributed by atoms with van der Waals surface area (Å²) >= 11 is 0. The molecule has 1 aromatic carbocycles. The predicted molar refractivity (Wildman–Crippen MR) is 74.1 cm³/mol. The average molecular weight is 247 g/mol. The van der Waals surface area contributed by atoms with E-state index in [2.05, 4.69) is 36.9 Å². The van der Waals surface area contributed by atoms with Crippen LogP contribution >= 0.6 is 0 Å². The van der Waals surface area contributed by atoms with Gasteiger partial charge in [0.2, 0.25) is 0 Å². The van der Waals surface area contributed by atoms with Crippen LogP contribution < -0.4 is 9.64 Å². The summed E-state index contributed by atoms with van der Waals surface area (Å²) in [6.45, 7) is 9.64. The van der Waals surface area contributed by atoms with Crippen LogP contribution in [-0.2, 0) is 0 Å². The summed E-state index contributed by atoms with van der Waals surface area (Å²) in [5, 5.41) is 0. The number of para-hydroxylation sites is 2. The molecule has 3 heteroatoms. The first-order valence-corrected chi connectivity index (χ1v) is 6.93. The molecule has 2 aliphatic rings. The molecule has 0 amide bonds. The third kappa shape index (κ3) is 1.61. The molecule has 0 saturated carbocycles. The van der Waals surface area contributed by atoms with Gasteiger partial charge in [0.05, 0.1) is 39.0 Å². The van der Waals surface area contributed by atoms with Gasteiger partial charge < -0.3 is 14.1 Å². The van der Waals surface area contributed by atoms with Crippen LogP contribution in [0.15, 0.2) is 24.3 Å². The van der Waals surface area contributed by atoms with Crippen molar-refractivity contribution in [2.45, 2.75) is 25.9 Å². The van der Waals surface area contributed by atoms with Gasteiger partial charge in [-0.1, -0.05) is 12.1 Å². The fraction of sp³-hybridized carbons (Fsp3) is 0.600. The maximum Gasteiger partial charge on any atom is 0.142 e. The van der Waals surface area contributed by atoms with Crippen molar-refractivity contribution in [3.63, 3.8) is 0 Å². The standard InChI is InChI=1S/C15H23N2O/c1-12-13(2)17(12)10-8-16(9-11-17)14-6-4-5-7-15(14)18-3/h4-7,12-13H,8-11H2,1-3H3/q+1. The van der Waals surface area contributed by atoms with E-state index in [0.717, 1.165) is 30.9 Å². The molecule has 1 aromatic rings. The van der Waals surface area contributed by atoms with E-state index < -0.39 is 0 Å². The van der Waals surface area contributed by atoms with Crippen molar-refractivity contribution in [2.24, 2.45) is 0 Å². The van der Waals surface area contributed by atoms with Gasteiger partial charge >= 0.3 is 0 Å². The maximum absolute atomic E-state index is 5.46. The summed E-state index contributed by atoms with van der Waals surface area (Å²) in [6, 6.07) is 10.1. The number of nitrogens with zero attached hydrogens (tertiary/aromatic N) is 2. The summed E-state index contributed by atoms with van der Waals surface area (Å²) in [5.41, 5.74) is 1.25. The van der Waals surface area contributed by atoms with Gasteiger partial charge in [-0.25, -0.2) is 0 Å². The smallest absolute Gasteiger partial charge is 0.142 e. The number of quaternary nitrogens is 1. The molecule has 2 saturated heterocycles. The highest BCUT2D eigenvalue weighted by atomic mass is 16.5. The van der Waals surface area contributed by atoms with Gasteiger partial charge in [0.1, 0.15) is 17.8 Å². The van der Waals surface area contributed by atoms with Crippen LogP contribution in [0.1, 0.15) is 13.8 Å². The minimum atomic E-state index is 0.866. The molecule has 2 atom stereocenters. The molecule has 0 aromatic heterocycles. The minimum Gasteiger partial charge on any atom is -0.495 e. The Kier molecular flexibility index (Phi) is 2.74. The molecule has 0 aliphatic carbocycles. The zero-order valence-electron chi connectivity index (χ0n) is 11.6. The van der Waals surface area contributed by atoms with E-state index in [1.54, 1.807) is 7.11 Å². The van der Waals surface area contributed by atoms with Crippen molar-refractivity contribution >= 4 is 5.69 Å². The molecule has 0 N–H and O–H groups in total. The number of hydrogen-bond acceptors (Lipinski definition) is 2. The van der Waals surface area contributed by atoms with Crippen LogP contribution in [0.25, 0.3) is 0 Å². The van der Waals surface area contributed by atoms with E-state index in [1.165, 1.54) is 23.3 Å². The number of piperazine rings is 1. The molecule has 0 radical (unpaired) electrons. The summed E-state index contributed by atoms with van der Waals surface area (Å²) in [4.78, 5) is 2.47. The highest BCUT2D eigenvalue weighted by molar-refractivity contribution is 5.58. The lowest BCUT2D eigenvalue weighted by molar-refractivity contribution is -0.825. The van der Waals surface area contributed by atoms with Crippen LogP contribution in [0, 0.1) is 0 Å². The van der Waals surface area contributed by atoms with Gasteiger partial charge in [0, 0.05) is 0 Å². The van der Waals surface area contributed by atoms with E-state index >= 15 is 0 Å². The van der Waals surface area contributed by atoms with Gasteiger partial charge in [-0.2, -0.15) is 0 Å². The second kappa shape index (κ2) is 4.16. The number of benzene rings is 1. The molecule has 2 aliphatic heterocycles. The number of rotatable bonds is 2. The SMILES string of the molecule is COc1ccccc1N1CC[N+]2(CC1)C(C)C2C. The Morgan fingerprint density at radius 2 is 1.72 bits per heavy atom. The Morgan fingerprint density at radius 3 is 2.28 bits per heavy atom. The van der Waals surface area contributed by atoms with Crippen molar-refractivity contribution in [3.8, 4) is 5.75 Å². The maximum atomic E-state index is 5.46. The molecule has 18 heavy (non-hydrogen) atoms. The Balaban J connectivity index is 1.73. The third-order valence-electron chi connectivity index (χ3n) is 5.23. The highest BCUT2D eigenvalue weighted by Crippen LogP contribution is 2.41. The lowest BCUT2D eigenvalue weighted by atomic mass is 10.2. The van der Waals surface area contributed by atoms with E-state index in [0.29, 0.717) is 0 Å². The van der Waals surface area contributed by atoms with Gasteiger partial charge in [0.15, 0.2) is 0 Å². The molecule has 3 nitrogen and oxygen atoms in total. The molecule has 0 bridgehead atoms. The Hall–Kier alpha value is -1.22. The number of anilines is 1. The lowest BCUT2D eigenvalue weighted by Crippen LogP contribution is -2.50. The van der Waals surface area contributed by atoms with E-state index in [-0.39, 0.29) is 0 Å².